The highest BCUT2D eigenvalue weighted by molar-refractivity contribution is 5.28. The van der Waals surface area contributed by atoms with Crippen molar-refractivity contribution in [1.29, 1.82) is 0 Å². The Morgan fingerprint density at radius 2 is 1.96 bits per heavy atom. The van der Waals surface area contributed by atoms with Crippen LogP contribution in [-0.4, -0.2) is 39.1 Å². The second-order valence-corrected chi connectivity index (χ2v) is 7.14. The summed E-state index contributed by atoms with van der Waals surface area (Å²) in [5.74, 6) is 2.46. The van der Waals surface area contributed by atoms with Crippen LogP contribution in [0.5, 0.6) is 0 Å². The lowest BCUT2D eigenvalue weighted by Crippen LogP contribution is -2.36. The molecule has 134 valence electrons. The number of benzene rings is 1. The van der Waals surface area contributed by atoms with Gasteiger partial charge in [0.2, 0.25) is 0 Å². The van der Waals surface area contributed by atoms with Gasteiger partial charge in [-0.05, 0) is 50.4 Å². The van der Waals surface area contributed by atoms with Crippen molar-refractivity contribution in [2.24, 2.45) is 0 Å². The van der Waals surface area contributed by atoms with Crippen LogP contribution in [0.4, 0.5) is 0 Å². The summed E-state index contributed by atoms with van der Waals surface area (Å²) in [5.41, 5.74) is 2.63. The van der Waals surface area contributed by atoms with Crippen molar-refractivity contribution in [2.45, 2.75) is 32.1 Å². The van der Waals surface area contributed by atoms with Crippen molar-refractivity contribution >= 4 is 0 Å². The van der Waals surface area contributed by atoms with Crippen LogP contribution >= 0.6 is 0 Å². The fourth-order valence-electron chi connectivity index (χ4n) is 3.85. The number of pyridine rings is 1. The number of likely N-dealkylation sites (tertiary alicyclic amines) is 1. The molecule has 0 radical (unpaired) electrons. The zero-order valence-electron chi connectivity index (χ0n) is 15.4. The lowest BCUT2D eigenvalue weighted by molar-refractivity contribution is 0.208. The van der Waals surface area contributed by atoms with Gasteiger partial charge in [0.1, 0.15) is 11.6 Å². The number of aryl methyl sites for hydroxylation is 1. The third kappa shape index (κ3) is 3.86. The molecule has 1 atom stereocenters. The summed E-state index contributed by atoms with van der Waals surface area (Å²) in [4.78, 5) is 11.9. The molecule has 1 fully saturated rings. The summed E-state index contributed by atoms with van der Waals surface area (Å²) >= 11 is 0. The van der Waals surface area contributed by atoms with Gasteiger partial charge in [0.05, 0.1) is 0 Å². The van der Waals surface area contributed by atoms with Gasteiger partial charge in [-0.25, -0.2) is 9.97 Å². The zero-order chi connectivity index (χ0) is 17.8. The van der Waals surface area contributed by atoms with E-state index < -0.39 is 0 Å². The van der Waals surface area contributed by atoms with Gasteiger partial charge >= 0.3 is 0 Å². The molecule has 0 bridgehead atoms. The first-order chi connectivity index (χ1) is 12.8. The number of nitrogens with zero attached hydrogens (tertiary/aromatic N) is 4. The topological polar surface area (TPSA) is 34.0 Å². The highest BCUT2D eigenvalue weighted by atomic mass is 15.1. The minimum Gasteiger partial charge on any atom is -0.302 e. The van der Waals surface area contributed by atoms with E-state index in [0.717, 1.165) is 31.2 Å². The van der Waals surface area contributed by atoms with E-state index in [1.165, 1.54) is 30.6 Å². The predicted molar refractivity (Wildman–Crippen MR) is 105 cm³/mol. The molecule has 26 heavy (non-hydrogen) atoms. The Kier molecular flexibility index (Phi) is 5.12. The van der Waals surface area contributed by atoms with Crippen molar-refractivity contribution in [3.63, 3.8) is 0 Å². The first-order valence-electron chi connectivity index (χ1n) is 9.53. The number of rotatable bonds is 5. The normalized spacial score (nSPS) is 18.1. The van der Waals surface area contributed by atoms with Gasteiger partial charge in [-0.15, -0.1) is 0 Å². The summed E-state index contributed by atoms with van der Waals surface area (Å²) in [5, 5.41) is 0. The second kappa shape index (κ2) is 7.83. The van der Waals surface area contributed by atoms with Crippen LogP contribution in [0.2, 0.25) is 0 Å². The number of aromatic nitrogens is 3. The molecule has 0 aliphatic carbocycles. The van der Waals surface area contributed by atoms with E-state index in [9.17, 15) is 0 Å². The standard InChI is InChI=1S/C22H26N4/c1-18-23-13-16-26(18)22-11-5-10-21(24-22)20-9-6-14-25(17-20)15-12-19-7-3-2-4-8-19/h2-5,7-8,10-11,13,16,20H,6,9,12,14-15,17H2,1H3. The molecule has 1 unspecified atom stereocenters. The molecule has 4 nitrogen and oxygen atoms in total. The number of hydrogen-bond acceptors (Lipinski definition) is 3. The van der Waals surface area contributed by atoms with E-state index in [2.05, 4.69) is 63.0 Å². The average Bonchev–Trinajstić information content (AvgIpc) is 3.13. The Morgan fingerprint density at radius 3 is 2.77 bits per heavy atom. The Morgan fingerprint density at radius 1 is 1.08 bits per heavy atom. The van der Waals surface area contributed by atoms with Crippen LogP contribution in [0.15, 0.2) is 60.9 Å². The Hall–Kier alpha value is -2.46. The highest BCUT2D eigenvalue weighted by Crippen LogP contribution is 2.26. The minimum atomic E-state index is 0.517. The molecule has 1 aliphatic rings. The molecular formula is C22H26N4. The SMILES string of the molecule is Cc1nccn1-c1cccc(C2CCCN(CCc3ccccc3)C2)n1. The van der Waals surface area contributed by atoms with Crippen LogP contribution in [0, 0.1) is 6.92 Å². The molecule has 0 spiro atoms. The summed E-state index contributed by atoms with van der Waals surface area (Å²) in [6.45, 7) is 5.44. The molecule has 1 aliphatic heterocycles. The van der Waals surface area contributed by atoms with Crippen molar-refractivity contribution in [3.8, 4) is 5.82 Å². The molecule has 0 amide bonds. The largest absolute Gasteiger partial charge is 0.302 e. The van der Waals surface area contributed by atoms with Crippen LogP contribution in [0.25, 0.3) is 5.82 Å². The molecule has 1 aromatic carbocycles. The number of piperidine rings is 1. The molecule has 4 rings (SSSR count). The molecule has 3 aromatic rings. The fourth-order valence-corrected chi connectivity index (χ4v) is 3.85. The van der Waals surface area contributed by atoms with Crippen LogP contribution in [-0.2, 0) is 6.42 Å². The van der Waals surface area contributed by atoms with Crippen molar-refractivity contribution in [3.05, 3.63) is 78.0 Å². The molecule has 4 heteroatoms. The second-order valence-electron chi connectivity index (χ2n) is 7.14. The maximum Gasteiger partial charge on any atom is 0.138 e. The van der Waals surface area contributed by atoms with Gasteiger partial charge in [0.15, 0.2) is 0 Å². The maximum absolute atomic E-state index is 4.95. The Bertz CT molecular complexity index is 840. The van der Waals surface area contributed by atoms with Crippen molar-refractivity contribution < 1.29 is 0 Å². The minimum absolute atomic E-state index is 0.517. The quantitative estimate of drug-likeness (QED) is 0.700. The van der Waals surface area contributed by atoms with Gasteiger partial charge in [0.25, 0.3) is 0 Å². The molecule has 0 N–H and O–H groups in total. The lowest BCUT2D eigenvalue weighted by Gasteiger charge is -2.32. The summed E-state index contributed by atoms with van der Waals surface area (Å²) in [6.07, 6.45) is 7.40. The van der Waals surface area contributed by atoms with Gasteiger partial charge in [-0.1, -0.05) is 36.4 Å². The third-order valence-corrected chi connectivity index (χ3v) is 5.31. The first-order valence-corrected chi connectivity index (χ1v) is 9.53. The van der Waals surface area contributed by atoms with Crippen molar-refractivity contribution in [1.82, 2.24) is 19.4 Å². The molecular weight excluding hydrogens is 320 g/mol. The van der Waals surface area contributed by atoms with Gasteiger partial charge in [-0.2, -0.15) is 0 Å². The first kappa shape index (κ1) is 17.0. The third-order valence-electron chi connectivity index (χ3n) is 5.31. The summed E-state index contributed by atoms with van der Waals surface area (Å²) in [6, 6.07) is 17.2. The lowest BCUT2D eigenvalue weighted by atomic mass is 9.94. The maximum atomic E-state index is 4.95. The van der Waals surface area contributed by atoms with Crippen LogP contribution in [0.3, 0.4) is 0 Å². The highest BCUT2D eigenvalue weighted by Gasteiger charge is 2.22. The van der Waals surface area contributed by atoms with Gasteiger partial charge in [0, 0.05) is 37.1 Å². The van der Waals surface area contributed by atoms with Gasteiger partial charge < -0.3 is 4.90 Å². The molecule has 3 heterocycles. The smallest absolute Gasteiger partial charge is 0.138 e. The van der Waals surface area contributed by atoms with Crippen molar-refractivity contribution in [2.75, 3.05) is 19.6 Å². The Labute approximate surface area is 155 Å². The number of hydrogen-bond donors (Lipinski definition) is 0. The monoisotopic (exact) mass is 346 g/mol. The summed E-state index contributed by atoms with van der Waals surface area (Å²) in [7, 11) is 0. The molecule has 2 aromatic heterocycles. The van der Waals surface area contributed by atoms with E-state index in [-0.39, 0.29) is 0 Å². The van der Waals surface area contributed by atoms with E-state index in [4.69, 9.17) is 4.98 Å². The Balaban J connectivity index is 1.44. The van der Waals surface area contributed by atoms with Crippen LogP contribution < -0.4 is 0 Å². The average molecular weight is 346 g/mol. The van der Waals surface area contributed by atoms with E-state index in [0.29, 0.717) is 5.92 Å². The summed E-state index contributed by atoms with van der Waals surface area (Å²) < 4.78 is 2.06. The molecule has 0 saturated carbocycles. The number of imidazole rings is 1. The zero-order valence-corrected chi connectivity index (χ0v) is 15.4. The van der Waals surface area contributed by atoms with E-state index in [1.807, 2.05) is 19.3 Å². The molecule has 1 saturated heterocycles. The van der Waals surface area contributed by atoms with Crippen LogP contribution in [0.1, 0.15) is 35.8 Å². The van der Waals surface area contributed by atoms with E-state index >= 15 is 0 Å². The van der Waals surface area contributed by atoms with E-state index in [1.54, 1.807) is 0 Å². The predicted octanol–water partition coefficient (Wildman–Crippen LogP) is 4.00. The fraction of sp³-hybridized carbons (Fsp3) is 0.364. The van der Waals surface area contributed by atoms with Gasteiger partial charge in [-0.3, -0.25) is 4.57 Å².